The third kappa shape index (κ3) is 3.16. The molecule has 0 spiro atoms. The first-order chi connectivity index (χ1) is 10.9. The smallest absolute Gasteiger partial charge is 0.254 e. The second-order valence-corrected chi connectivity index (χ2v) is 7.61. The lowest BCUT2D eigenvalue weighted by molar-refractivity contribution is 0.105. The van der Waals surface area contributed by atoms with E-state index in [4.69, 9.17) is 4.74 Å². The number of ether oxygens (including phenoxy) is 1. The molecule has 1 aliphatic rings. The van der Waals surface area contributed by atoms with E-state index in [9.17, 15) is 18.3 Å². The third-order valence-electron chi connectivity index (χ3n) is 3.93. The summed E-state index contributed by atoms with van der Waals surface area (Å²) in [6.07, 6.45) is 1.71. The molecule has 0 atom stereocenters. The normalized spacial score (nSPS) is 14.5. The zero-order valence-electron chi connectivity index (χ0n) is 12.7. The highest BCUT2D eigenvalue weighted by Crippen LogP contribution is 2.24. The van der Waals surface area contributed by atoms with Crippen LogP contribution in [0.15, 0.2) is 40.0 Å². The van der Waals surface area contributed by atoms with Crippen molar-refractivity contribution in [3.8, 4) is 5.75 Å². The summed E-state index contributed by atoms with van der Waals surface area (Å²) in [5.74, 6) is -0.0339. The third-order valence-corrected chi connectivity index (χ3v) is 5.06. The molecule has 2 aromatic rings. The first-order valence-corrected chi connectivity index (χ1v) is 9.07. The fourth-order valence-corrected chi connectivity index (χ4v) is 3.34. The summed E-state index contributed by atoms with van der Waals surface area (Å²) < 4.78 is 29.9. The molecule has 6 nitrogen and oxygen atoms in total. The number of aromatic hydroxyl groups is 1. The van der Waals surface area contributed by atoms with Gasteiger partial charge < -0.3 is 14.4 Å². The van der Waals surface area contributed by atoms with Gasteiger partial charge in [-0.25, -0.2) is 8.42 Å². The Morgan fingerprint density at radius 3 is 2.61 bits per heavy atom. The summed E-state index contributed by atoms with van der Waals surface area (Å²) in [5, 5.41) is 9.89. The molecule has 0 aliphatic carbocycles. The number of benzene rings is 1. The first kappa shape index (κ1) is 15.8. The Hall–Kier alpha value is -2.12. The van der Waals surface area contributed by atoms with Gasteiger partial charge in [0.25, 0.3) is 5.56 Å². The zero-order valence-corrected chi connectivity index (χ0v) is 13.5. The standard InChI is InChI=1S/C16H17NO5S/c1-23(20,21)12-4-2-11(3-5-12)9-17-14-6-7-22-10-13(14)15(18)8-16(17)19/h2-5,8,18H,6-7,9-10H2,1H3. The summed E-state index contributed by atoms with van der Waals surface area (Å²) in [6, 6.07) is 7.65. The Kier molecular flexibility index (Phi) is 3.99. The second kappa shape index (κ2) is 5.82. The van der Waals surface area contributed by atoms with Gasteiger partial charge in [0.2, 0.25) is 0 Å². The number of pyridine rings is 1. The molecule has 0 radical (unpaired) electrons. The minimum absolute atomic E-state index is 0.0339. The van der Waals surface area contributed by atoms with Crippen molar-refractivity contribution in [3.05, 3.63) is 57.5 Å². The van der Waals surface area contributed by atoms with E-state index in [1.54, 1.807) is 16.7 Å². The van der Waals surface area contributed by atoms with Gasteiger partial charge in [0, 0.05) is 30.0 Å². The van der Waals surface area contributed by atoms with Crippen molar-refractivity contribution in [3.63, 3.8) is 0 Å². The molecular weight excluding hydrogens is 318 g/mol. The van der Waals surface area contributed by atoms with Crippen molar-refractivity contribution in [2.75, 3.05) is 12.9 Å². The van der Waals surface area contributed by atoms with Gasteiger partial charge in [0.15, 0.2) is 9.84 Å². The molecule has 0 saturated heterocycles. The Labute approximate surface area is 133 Å². The SMILES string of the molecule is CS(=O)(=O)c1ccc(Cn2c3c(c(O)cc2=O)COCC3)cc1. The molecule has 0 saturated carbocycles. The summed E-state index contributed by atoms with van der Waals surface area (Å²) in [7, 11) is -3.24. The number of nitrogens with zero attached hydrogens (tertiary/aromatic N) is 1. The minimum Gasteiger partial charge on any atom is -0.507 e. The van der Waals surface area contributed by atoms with E-state index in [1.807, 2.05) is 0 Å². The van der Waals surface area contributed by atoms with Crippen LogP contribution in [0.4, 0.5) is 0 Å². The molecule has 1 N–H and O–H groups in total. The van der Waals surface area contributed by atoms with Crippen LogP contribution in [0, 0.1) is 0 Å². The van der Waals surface area contributed by atoms with Crippen LogP contribution in [0.1, 0.15) is 16.8 Å². The Morgan fingerprint density at radius 1 is 1.26 bits per heavy atom. The Balaban J connectivity index is 1.99. The van der Waals surface area contributed by atoms with Gasteiger partial charge in [0.05, 0.1) is 24.7 Å². The number of sulfone groups is 1. The van der Waals surface area contributed by atoms with Crippen molar-refractivity contribution < 1.29 is 18.3 Å². The van der Waals surface area contributed by atoms with Crippen molar-refractivity contribution in [1.29, 1.82) is 0 Å². The molecular formula is C16H17NO5S. The highest BCUT2D eigenvalue weighted by Gasteiger charge is 2.19. The van der Waals surface area contributed by atoms with E-state index >= 15 is 0 Å². The van der Waals surface area contributed by atoms with Crippen LogP contribution < -0.4 is 5.56 Å². The summed E-state index contributed by atoms with van der Waals surface area (Å²) in [6.45, 7) is 1.11. The molecule has 7 heteroatoms. The van der Waals surface area contributed by atoms with Crippen LogP contribution in [0.5, 0.6) is 5.75 Å². The van der Waals surface area contributed by atoms with Gasteiger partial charge in [0.1, 0.15) is 5.75 Å². The van der Waals surface area contributed by atoms with E-state index in [2.05, 4.69) is 0 Å². The molecule has 2 heterocycles. The van der Waals surface area contributed by atoms with Crippen molar-refractivity contribution in [1.82, 2.24) is 4.57 Å². The lowest BCUT2D eigenvalue weighted by Crippen LogP contribution is -2.28. The minimum atomic E-state index is -3.24. The van der Waals surface area contributed by atoms with Crippen molar-refractivity contribution >= 4 is 9.84 Å². The number of aromatic nitrogens is 1. The maximum Gasteiger partial charge on any atom is 0.254 e. The van der Waals surface area contributed by atoms with E-state index in [0.29, 0.717) is 25.1 Å². The van der Waals surface area contributed by atoms with Crippen LogP contribution in [0.25, 0.3) is 0 Å². The van der Waals surface area contributed by atoms with Gasteiger partial charge in [-0.1, -0.05) is 12.1 Å². The van der Waals surface area contributed by atoms with Crippen molar-refractivity contribution in [2.24, 2.45) is 0 Å². The summed E-state index contributed by atoms with van der Waals surface area (Å²) >= 11 is 0. The fraction of sp³-hybridized carbons (Fsp3) is 0.312. The van der Waals surface area contributed by atoms with Gasteiger partial charge >= 0.3 is 0 Å². The number of hydrogen-bond donors (Lipinski definition) is 1. The summed E-state index contributed by atoms with van der Waals surface area (Å²) in [5.41, 5.74) is 1.95. The van der Waals surface area contributed by atoms with Crippen LogP contribution in [-0.2, 0) is 34.1 Å². The Morgan fingerprint density at radius 2 is 1.96 bits per heavy atom. The van der Waals surface area contributed by atoms with Gasteiger partial charge in [-0.2, -0.15) is 0 Å². The first-order valence-electron chi connectivity index (χ1n) is 7.17. The summed E-state index contributed by atoms with van der Waals surface area (Å²) in [4.78, 5) is 12.5. The predicted molar refractivity (Wildman–Crippen MR) is 84.4 cm³/mol. The van der Waals surface area contributed by atoms with E-state index in [-0.39, 0.29) is 22.8 Å². The van der Waals surface area contributed by atoms with Crippen LogP contribution in [0.2, 0.25) is 0 Å². The average molecular weight is 335 g/mol. The maximum absolute atomic E-state index is 12.2. The Bertz CT molecular complexity index is 897. The average Bonchev–Trinajstić information content (AvgIpc) is 2.51. The molecule has 0 amide bonds. The molecule has 23 heavy (non-hydrogen) atoms. The topological polar surface area (TPSA) is 85.6 Å². The van der Waals surface area contributed by atoms with Crippen LogP contribution in [-0.4, -0.2) is 31.0 Å². The fourth-order valence-electron chi connectivity index (χ4n) is 2.71. The van der Waals surface area contributed by atoms with Crippen molar-refractivity contribution in [2.45, 2.75) is 24.5 Å². The molecule has 122 valence electrons. The highest BCUT2D eigenvalue weighted by atomic mass is 32.2. The van der Waals surface area contributed by atoms with Gasteiger partial charge in [-0.15, -0.1) is 0 Å². The van der Waals surface area contributed by atoms with Gasteiger partial charge in [-0.05, 0) is 17.7 Å². The lowest BCUT2D eigenvalue weighted by Gasteiger charge is -2.22. The van der Waals surface area contributed by atoms with E-state index in [0.717, 1.165) is 17.5 Å². The second-order valence-electron chi connectivity index (χ2n) is 5.60. The van der Waals surface area contributed by atoms with E-state index < -0.39 is 9.84 Å². The molecule has 3 rings (SSSR count). The molecule has 1 aromatic carbocycles. The monoisotopic (exact) mass is 335 g/mol. The lowest BCUT2D eigenvalue weighted by atomic mass is 10.1. The van der Waals surface area contributed by atoms with E-state index in [1.165, 1.54) is 18.2 Å². The predicted octanol–water partition coefficient (Wildman–Crippen LogP) is 1.08. The zero-order chi connectivity index (χ0) is 16.6. The molecule has 0 unspecified atom stereocenters. The quantitative estimate of drug-likeness (QED) is 0.907. The highest BCUT2D eigenvalue weighted by molar-refractivity contribution is 7.90. The molecule has 0 fully saturated rings. The molecule has 1 aliphatic heterocycles. The molecule has 0 bridgehead atoms. The largest absolute Gasteiger partial charge is 0.507 e. The number of hydrogen-bond acceptors (Lipinski definition) is 5. The van der Waals surface area contributed by atoms with Crippen LogP contribution >= 0.6 is 0 Å². The molecule has 1 aromatic heterocycles. The number of rotatable bonds is 3. The van der Waals surface area contributed by atoms with Crippen LogP contribution in [0.3, 0.4) is 0 Å². The maximum atomic E-state index is 12.2. The van der Waals surface area contributed by atoms with Gasteiger partial charge in [-0.3, -0.25) is 4.79 Å². The number of fused-ring (bicyclic) bond motifs is 1.